The molecule has 1 atom stereocenters. The molecule has 1 aromatic rings. The summed E-state index contributed by atoms with van der Waals surface area (Å²) < 4.78 is 0. The summed E-state index contributed by atoms with van der Waals surface area (Å²) in [7, 11) is 0. The highest BCUT2D eigenvalue weighted by molar-refractivity contribution is 6.30. The Morgan fingerprint density at radius 3 is 2.71 bits per heavy atom. The first-order valence-electron chi connectivity index (χ1n) is 6.75. The monoisotopic (exact) mass is 309 g/mol. The third kappa shape index (κ3) is 3.40. The van der Waals surface area contributed by atoms with Gasteiger partial charge in [0.05, 0.1) is 22.1 Å². The van der Waals surface area contributed by atoms with Gasteiger partial charge in [-0.25, -0.2) is 4.98 Å². The molecule has 0 N–H and O–H groups in total. The van der Waals surface area contributed by atoms with E-state index in [2.05, 4.69) is 16.0 Å². The lowest BCUT2D eigenvalue weighted by atomic mass is 10.2. The van der Waals surface area contributed by atoms with Crippen LogP contribution in [0.25, 0.3) is 0 Å². The van der Waals surface area contributed by atoms with Gasteiger partial charge in [-0.2, -0.15) is 5.26 Å². The standard InChI is InChI=1S/C13H16ClN5O2/c1-2-11(8-15)17-3-5-18(6-4-17)13-12(19(20)21)7-10(14)9-16-13/h7,9,11H,2-6H2,1H3. The molecule has 8 heteroatoms. The third-order valence-electron chi connectivity index (χ3n) is 3.60. The maximum Gasteiger partial charge on any atom is 0.313 e. The van der Waals surface area contributed by atoms with E-state index in [1.807, 2.05) is 11.8 Å². The van der Waals surface area contributed by atoms with E-state index in [0.29, 0.717) is 32.0 Å². The van der Waals surface area contributed by atoms with Gasteiger partial charge in [0.2, 0.25) is 5.82 Å². The van der Waals surface area contributed by atoms with Crippen molar-refractivity contribution < 1.29 is 4.92 Å². The van der Waals surface area contributed by atoms with Crippen LogP contribution in [0.2, 0.25) is 5.02 Å². The number of nitrogens with zero attached hydrogens (tertiary/aromatic N) is 5. The zero-order valence-electron chi connectivity index (χ0n) is 11.7. The number of nitriles is 1. The second-order valence-corrected chi connectivity index (χ2v) is 5.27. The third-order valence-corrected chi connectivity index (χ3v) is 3.81. The van der Waals surface area contributed by atoms with Crippen molar-refractivity contribution in [2.45, 2.75) is 19.4 Å². The summed E-state index contributed by atoms with van der Waals surface area (Å²) >= 11 is 5.77. The molecule has 7 nitrogen and oxygen atoms in total. The maximum absolute atomic E-state index is 11.1. The molecule has 1 saturated heterocycles. The maximum atomic E-state index is 11.1. The summed E-state index contributed by atoms with van der Waals surface area (Å²) in [6.07, 6.45) is 2.19. The molecule has 112 valence electrons. The zero-order valence-corrected chi connectivity index (χ0v) is 12.5. The van der Waals surface area contributed by atoms with Crippen molar-refractivity contribution in [3.8, 4) is 6.07 Å². The van der Waals surface area contributed by atoms with E-state index in [-0.39, 0.29) is 16.8 Å². The highest BCUT2D eigenvalue weighted by Crippen LogP contribution is 2.29. The Bertz CT molecular complexity index is 566. The Morgan fingerprint density at radius 2 is 2.19 bits per heavy atom. The number of hydrogen-bond acceptors (Lipinski definition) is 6. The molecule has 0 bridgehead atoms. The fourth-order valence-electron chi connectivity index (χ4n) is 2.48. The van der Waals surface area contributed by atoms with Gasteiger partial charge in [-0.1, -0.05) is 18.5 Å². The topological polar surface area (TPSA) is 86.3 Å². The van der Waals surface area contributed by atoms with Crippen molar-refractivity contribution in [3.05, 3.63) is 27.4 Å². The van der Waals surface area contributed by atoms with E-state index in [1.165, 1.54) is 12.3 Å². The van der Waals surface area contributed by atoms with Gasteiger partial charge in [0.25, 0.3) is 0 Å². The predicted molar refractivity (Wildman–Crippen MR) is 79.4 cm³/mol. The van der Waals surface area contributed by atoms with Crippen LogP contribution < -0.4 is 4.90 Å². The van der Waals surface area contributed by atoms with Gasteiger partial charge in [0.15, 0.2) is 0 Å². The van der Waals surface area contributed by atoms with Gasteiger partial charge in [-0.3, -0.25) is 15.0 Å². The van der Waals surface area contributed by atoms with E-state index in [4.69, 9.17) is 16.9 Å². The van der Waals surface area contributed by atoms with Crippen molar-refractivity contribution in [1.82, 2.24) is 9.88 Å². The fourth-order valence-corrected chi connectivity index (χ4v) is 2.63. The van der Waals surface area contributed by atoms with E-state index in [9.17, 15) is 10.1 Å². The molecule has 1 aromatic heterocycles. The molecule has 1 aliphatic rings. The van der Waals surface area contributed by atoms with Crippen molar-refractivity contribution >= 4 is 23.1 Å². The van der Waals surface area contributed by atoms with Crippen LogP contribution in [0.5, 0.6) is 0 Å². The molecule has 0 radical (unpaired) electrons. The van der Waals surface area contributed by atoms with Gasteiger partial charge in [-0.05, 0) is 6.42 Å². The number of hydrogen-bond donors (Lipinski definition) is 0. The van der Waals surface area contributed by atoms with E-state index in [0.717, 1.165) is 6.42 Å². The van der Waals surface area contributed by atoms with Crippen LogP contribution in [0.15, 0.2) is 12.3 Å². The lowest BCUT2D eigenvalue weighted by molar-refractivity contribution is -0.384. The lowest BCUT2D eigenvalue weighted by Crippen LogP contribution is -2.50. The molecule has 0 aliphatic carbocycles. The van der Waals surface area contributed by atoms with Crippen molar-refractivity contribution in [1.29, 1.82) is 5.26 Å². The van der Waals surface area contributed by atoms with Crippen molar-refractivity contribution in [3.63, 3.8) is 0 Å². The fraction of sp³-hybridized carbons (Fsp3) is 0.538. The minimum Gasteiger partial charge on any atom is -0.348 e. The average Bonchev–Trinajstić information content (AvgIpc) is 2.49. The molecule has 2 heterocycles. The van der Waals surface area contributed by atoms with Crippen LogP contribution in [-0.4, -0.2) is 47.0 Å². The summed E-state index contributed by atoms with van der Waals surface area (Å²) in [6.45, 7) is 4.56. The highest BCUT2D eigenvalue weighted by Gasteiger charge is 2.27. The average molecular weight is 310 g/mol. The van der Waals surface area contributed by atoms with E-state index >= 15 is 0 Å². The molecule has 2 rings (SSSR count). The Morgan fingerprint density at radius 1 is 1.52 bits per heavy atom. The molecule has 21 heavy (non-hydrogen) atoms. The number of rotatable bonds is 4. The summed E-state index contributed by atoms with van der Waals surface area (Å²) in [5.74, 6) is 0.342. The minimum atomic E-state index is -0.468. The van der Waals surface area contributed by atoms with Gasteiger partial charge in [0, 0.05) is 38.4 Å². The first-order chi connectivity index (χ1) is 10.1. The van der Waals surface area contributed by atoms with Crippen LogP contribution in [0.3, 0.4) is 0 Å². The first kappa shape index (κ1) is 15.5. The highest BCUT2D eigenvalue weighted by atomic mass is 35.5. The number of halogens is 1. The smallest absolute Gasteiger partial charge is 0.313 e. The Labute approximate surface area is 127 Å². The molecular weight excluding hydrogens is 294 g/mol. The molecule has 0 saturated carbocycles. The summed E-state index contributed by atoms with van der Waals surface area (Å²) in [5, 5.41) is 20.4. The van der Waals surface area contributed by atoms with Gasteiger partial charge in [-0.15, -0.1) is 0 Å². The van der Waals surface area contributed by atoms with Gasteiger partial charge in [0.1, 0.15) is 0 Å². The first-order valence-corrected chi connectivity index (χ1v) is 7.13. The molecule has 1 fully saturated rings. The van der Waals surface area contributed by atoms with Crippen LogP contribution in [0.1, 0.15) is 13.3 Å². The summed E-state index contributed by atoms with van der Waals surface area (Å²) in [6, 6.07) is 3.50. The largest absolute Gasteiger partial charge is 0.348 e. The predicted octanol–water partition coefficient (Wildman–Crippen LogP) is 2.07. The number of aromatic nitrogens is 1. The quantitative estimate of drug-likeness (QED) is 0.625. The number of nitro groups is 1. The van der Waals surface area contributed by atoms with E-state index in [1.54, 1.807) is 0 Å². The molecule has 1 aliphatic heterocycles. The molecule has 0 aromatic carbocycles. The number of anilines is 1. The van der Waals surface area contributed by atoms with Crippen LogP contribution in [0, 0.1) is 21.4 Å². The second-order valence-electron chi connectivity index (χ2n) is 4.83. The van der Waals surface area contributed by atoms with Crippen molar-refractivity contribution in [2.24, 2.45) is 0 Å². The van der Waals surface area contributed by atoms with Gasteiger partial charge >= 0.3 is 5.69 Å². The number of piperazine rings is 1. The Balaban J connectivity index is 2.13. The molecular formula is C13H16ClN5O2. The molecule has 0 spiro atoms. The van der Waals surface area contributed by atoms with Crippen molar-refractivity contribution in [2.75, 3.05) is 31.1 Å². The summed E-state index contributed by atoms with van der Waals surface area (Å²) in [5.41, 5.74) is -0.0803. The van der Waals surface area contributed by atoms with Crippen LogP contribution in [0.4, 0.5) is 11.5 Å². The summed E-state index contributed by atoms with van der Waals surface area (Å²) in [4.78, 5) is 18.7. The Hall–Kier alpha value is -1.91. The Kier molecular flexibility index (Phi) is 4.94. The molecule has 1 unspecified atom stereocenters. The SMILES string of the molecule is CCC(C#N)N1CCN(c2ncc(Cl)cc2[N+](=O)[O-])CC1. The van der Waals surface area contributed by atoms with E-state index < -0.39 is 4.92 Å². The van der Waals surface area contributed by atoms with Crippen LogP contribution in [-0.2, 0) is 0 Å². The second kappa shape index (κ2) is 6.70. The lowest BCUT2D eigenvalue weighted by Gasteiger charge is -2.36. The normalized spacial score (nSPS) is 17.3. The van der Waals surface area contributed by atoms with Gasteiger partial charge < -0.3 is 4.90 Å². The minimum absolute atomic E-state index is 0.0803. The molecule has 0 amide bonds. The zero-order chi connectivity index (χ0) is 15.4. The number of pyridine rings is 1. The van der Waals surface area contributed by atoms with Crippen LogP contribution >= 0.6 is 11.6 Å².